The zero-order valence-corrected chi connectivity index (χ0v) is 11.9. The van der Waals surface area contributed by atoms with Crippen molar-refractivity contribution >= 4 is 29.1 Å². The first-order chi connectivity index (χ1) is 9.06. The van der Waals surface area contributed by atoms with E-state index in [4.69, 9.17) is 11.6 Å². The van der Waals surface area contributed by atoms with E-state index in [0.717, 1.165) is 16.5 Å². The fourth-order valence-electron chi connectivity index (χ4n) is 1.65. The fourth-order valence-corrected chi connectivity index (χ4v) is 2.70. The molecule has 19 heavy (non-hydrogen) atoms. The summed E-state index contributed by atoms with van der Waals surface area (Å²) in [6, 6.07) is 12.0. The second kappa shape index (κ2) is 6.22. The summed E-state index contributed by atoms with van der Waals surface area (Å²) in [6.45, 7) is 1.99. The Kier molecular flexibility index (Phi) is 4.61. The molecule has 0 amide bonds. The predicted molar refractivity (Wildman–Crippen MR) is 77.6 cm³/mol. The van der Waals surface area contributed by atoms with Gasteiger partial charge in [0.25, 0.3) is 0 Å². The number of carbonyl (C=O) groups excluding carboxylic acids is 1. The number of hydrogen-bond donors (Lipinski definition) is 0. The van der Waals surface area contributed by atoms with Gasteiger partial charge in [0.2, 0.25) is 0 Å². The molecule has 2 rings (SSSR count). The third-order valence-electron chi connectivity index (χ3n) is 2.59. The van der Waals surface area contributed by atoms with Gasteiger partial charge in [0.1, 0.15) is 5.82 Å². The first kappa shape index (κ1) is 14.1. The zero-order chi connectivity index (χ0) is 13.8. The van der Waals surface area contributed by atoms with E-state index in [1.54, 1.807) is 0 Å². The molecule has 0 aliphatic heterocycles. The molecule has 0 heterocycles. The van der Waals surface area contributed by atoms with Gasteiger partial charge in [-0.05, 0) is 37.3 Å². The lowest BCUT2D eigenvalue weighted by Crippen LogP contribution is -2.05. The number of hydrogen-bond acceptors (Lipinski definition) is 2. The first-order valence-corrected chi connectivity index (χ1v) is 7.10. The number of carbonyl (C=O) groups is 1. The lowest BCUT2D eigenvalue weighted by Gasteiger charge is -2.04. The van der Waals surface area contributed by atoms with Gasteiger partial charge in [-0.15, -0.1) is 11.8 Å². The van der Waals surface area contributed by atoms with E-state index in [-0.39, 0.29) is 17.1 Å². The molecule has 0 aliphatic rings. The number of benzene rings is 2. The smallest absolute Gasteiger partial charge is 0.176 e. The summed E-state index contributed by atoms with van der Waals surface area (Å²) >= 11 is 7.06. The maximum Gasteiger partial charge on any atom is 0.176 e. The average Bonchev–Trinajstić information content (AvgIpc) is 2.36. The Balaban J connectivity index is 2.05. The van der Waals surface area contributed by atoms with Crippen molar-refractivity contribution in [1.29, 1.82) is 0 Å². The third-order valence-corrected chi connectivity index (χ3v) is 3.82. The minimum absolute atomic E-state index is 0.0875. The molecular formula is C15H12ClFOS. The Labute approximate surface area is 120 Å². The molecule has 4 heteroatoms. The van der Waals surface area contributed by atoms with Crippen molar-refractivity contribution in [3.8, 4) is 0 Å². The Hall–Kier alpha value is -1.32. The van der Waals surface area contributed by atoms with Gasteiger partial charge in [-0.1, -0.05) is 29.3 Å². The Morgan fingerprint density at radius 1 is 1.26 bits per heavy atom. The molecule has 0 bridgehead atoms. The van der Waals surface area contributed by atoms with Crippen LogP contribution in [-0.2, 0) is 0 Å². The number of Topliss-reactive ketones (excluding diaryl/α,β-unsaturated/α-hetero) is 1. The van der Waals surface area contributed by atoms with Gasteiger partial charge in [0.05, 0.1) is 11.3 Å². The number of ketones is 1. The highest BCUT2D eigenvalue weighted by molar-refractivity contribution is 8.00. The van der Waals surface area contributed by atoms with Crippen LogP contribution in [-0.4, -0.2) is 11.5 Å². The number of rotatable bonds is 4. The lowest BCUT2D eigenvalue weighted by molar-refractivity contribution is 0.101. The van der Waals surface area contributed by atoms with Gasteiger partial charge >= 0.3 is 0 Å². The summed E-state index contributed by atoms with van der Waals surface area (Å²) in [7, 11) is 0. The van der Waals surface area contributed by atoms with Crippen molar-refractivity contribution in [1.82, 2.24) is 0 Å². The molecule has 0 N–H and O–H groups in total. The highest BCUT2D eigenvalue weighted by Gasteiger charge is 2.12. The molecule has 0 radical (unpaired) electrons. The van der Waals surface area contributed by atoms with Crippen LogP contribution < -0.4 is 0 Å². The Bertz CT molecular complexity index is 613. The summed E-state index contributed by atoms with van der Waals surface area (Å²) in [5, 5.41) is 0.292. The van der Waals surface area contributed by atoms with Crippen LogP contribution in [0, 0.1) is 12.7 Å². The van der Waals surface area contributed by atoms with Crippen LogP contribution in [0.25, 0.3) is 0 Å². The molecule has 0 fully saturated rings. The topological polar surface area (TPSA) is 17.1 Å². The Morgan fingerprint density at radius 2 is 2.05 bits per heavy atom. The quantitative estimate of drug-likeness (QED) is 0.597. The fraction of sp³-hybridized carbons (Fsp3) is 0.133. The van der Waals surface area contributed by atoms with E-state index in [9.17, 15) is 9.18 Å². The summed E-state index contributed by atoms with van der Waals surface area (Å²) < 4.78 is 13.6. The second-order valence-electron chi connectivity index (χ2n) is 4.15. The highest BCUT2D eigenvalue weighted by atomic mass is 35.5. The summed E-state index contributed by atoms with van der Waals surface area (Å²) in [4.78, 5) is 12.9. The minimum atomic E-state index is -0.567. The van der Waals surface area contributed by atoms with Crippen LogP contribution in [0.3, 0.4) is 0 Å². The van der Waals surface area contributed by atoms with Crippen LogP contribution in [0.2, 0.25) is 5.02 Å². The van der Waals surface area contributed by atoms with E-state index in [0.29, 0.717) is 5.02 Å². The van der Waals surface area contributed by atoms with Gasteiger partial charge in [0, 0.05) is 9.92 Å². The normalized spacial score (nSPS) is 10.5. The lowest BCUT2D eigenvalue weighted by atomic mass is 10.1. The van der Waals surface area contributed by atoms with Crippen molar-refractivity contribution in [3.63, 3.8) is 0 Å². The second-order valence-corrected chi connectivity index (χ2v) is 5.64. The average molecular weight is 295 g/mol. The van der Waals surface area contributed by atoms with Crippen LogP contribution >= 0.6 is 23.4 Å². The van der Waals surface area contributed by atoms with E-state index in [1.807, 2.05) is 31.2 Å². The molecule has 0 spiro atoms. The van der Waals surface area contributed by atoms with Crippen molar-refractivity contribution in [3.05, 3.63) is 64.4 Å². The molecule has 0 unspecified atom stereocenters. The largest absolute Gasteiger partial charge is 0.293 e. The van der Waals surface area contributed by atoms with E-state index < -0.39 is 5.82 Å². The molecule has 98 valence electrons. The molecule has 2 aromatic carbocycles. The zero-order valence-electron chi connectivity index (χ0n) is 10.3. The van der Waals surface area contributed by atoms with Crippen LogP contribution in [0.1, 0.15) is 15.9 Å². The maximum absolute atomic E-state index is 13.6. The first-order valence-electron chi connectivity index (χ1n) is 5.74. The van der Waals surface area contributed by atoms with E-state index in [2.05, 4.69) is 0 Å². The van der Waals surface area contributed by atoms with Gasteiger partial charge in [-0.25, -0.2) is 4.39 Å². The number of thioether (sulfide) groups is 1. The van der Waals surface area contributed by atoms with Gasteiger partial charge in [-0.3, -0.25) is 4.79 Å². The van der Waals surface area contributed by atoms with E-state index >= 15 is 0 Å². The molecule has 0 aromatic heterocycles. The molecule has 0 saturated carbocycles. The van der Waals surface area contributed by atoms with Crippen molar-refractivity contribution in [2.45, 2.75) is 11.8 Å². The third kappa shape index (κ3) is 3.82. The van der Waals surface area contributed by atoms with Crippen molar-refractivity contribution in [2.24, 2.45) is 0 Å². The summed E-state index contributed by atoms with van der Waals surface area (Å²) in [5.74, 6) is -0.592. The van der Waals surface area contributed by atoms with Crippen molar-refractivity contribution < 1.29 is 9.18 Å². The Morgan fingerprint density at radius 3 is 2.74 bits per heavy atom. The molecule has 0 saturated heterocycles. The van der Waals surface area contributed by atoms with E-state index in [1.165, 1.54) is 23.9 Å². The SMILES string of the molecule is Cc1cccc(SCC(=O)c2ccc(Cl)cc2F)c1. The summed E-state index contributed by atoms with van der Waals surface area (Å²) in [5.41, 5.74) is 1.22. The minimum Gasteiger partial charge on any atom is -0.293 e. The number of halogens is 2. The number of aryl methyl sites for hydroxylation is 1. The molecular weight excluding hydrogens is 283 g/mol. The van der Waals surface area contributed by atoms with Crippen LogP contribution in [0.15, 0.2) is 47.4 Å². The van der Waals surface area contributed by atoms with Gasteiger partial charge < -0.3 is 0 Å². The standard InChI is InChI=1S/C15H12ClFOS/c1-10-3-2-4-12(7-10)19-9-15(18)13-6-5-11(16)8-14(13)17/h2-8H,9H2,1H3. The summed E-state index contributed by atoms with van der Waals surface area (Å²) in [6.07, 6.45) is 0. The highest BCUT2D eigenvalue weighted by Crippen LogP contribution is 2.22. The molecule has 2 aromatic rings. The van der Waals surface area contributed by atoms with Crippen molar-refractivity contribution in [2.75, 3.05) is 5.75 Å². The molecule has 0 aliphatic carbocycles. The predicted octanol–water partition coefficient (Wildman–Crippen LogP) is 4.76. The van der Waals surface area contributed by atoms with Gasteiger partial charge in [0.15, 0.2) is 5.78 Å². The van der Waals surface area contributed by atoms with Gasteiger partial charge in [-0.2, -0.15) is 0 Å². The monoisotopic (exact) mass is 294 g/mol. The molecule has 0 atom stereocenters. The maximum atomic E-state index is 13.6. The molecule has 1 nitrogen and oxygen atoms in total. The van der Waals surface area contributed by atoms with Crippen LogP contribution in [0.4, 0.5) is 4.39 Å². The van der Waals surface area contributed by atoms with Crippen LogP contribution in [0.5, 0.6) is 0 Å².